The molecule has 2 N–H and O–H groups in total. The summed E-state index contributed by atoms with van der Waals surface area (Å²) >= 11 is 0. The largest absolute Gasteiger partial charge is 0.497 e. The number of aromatic nitrogens is 2. The van der Waals surface area contributed by atoms with Gasteiger partial charge in [-0.25, -0.2) is 4.98 Å². The molecule has 0 amide bonds. The van der Waals surface area contributed by atoms with Crippen molar-refractivity contribution in [3.8, 4) is 11.5 Å². The van der Waals surface area contributed by atoms with Crippen molar-refractivity contribution in [3.63, 3.8) is 0 Å². The number of nitrogens with one attached hydrogen (secondary N) is 2. The lowest BCUT2D eigenvalue weighted by Crippen LogP contribution is -2.16. The van der Waals surface area contributed by atoms with Crippen LogP contribution in [-0.4, -0.2) is 56.3 Å². The molecule has 24 heavy (non-hydrogen) atoms. The SMILES string of the molecule is COc1ccc(OC)c(Nc2nccc(NCCCN(C)C)n2)c1. The predicted octanol–water partition coefficient (Wildman–Crippen LogP) is 2.60. The highest BCUT2D eigenvalue weighted by Gasteiger charge is 2.07. The Kier molecular flexibility index (Phi) is 6.62. The lowest BCUT2D eigenvalue weighted by Gasteiger charge is -2.13. The third-order valence-corrected chi connectivity index (χ3v) is 3.40. The van der Waals surface area contributed by atoms with Crippen molar-refractivity contribution in [2.45, 2.75) is 6.42 Å². The molecule has 130 valence electrons. The molecular formula is C17H25N5O2. The maximum Gasteiger partial charge on any atom is 0.229 e. The lowest BCUT2D eigenvalue weighted by molar-refractivity contribution is 0.404. The Morgan fingerprint density at radius 3 is 2.67 bits per heavy atom. The second kappa shape index (κ2) is 8.93. The Hall–Kier alpha value is -2.54. The van der Waals surface area contributed by atoms with Gasteiger partial charge in [0.25, 0.3) is 0 Å². The zero-order valence-corrected chi connectivity index (χ0v) is 14.7. The van der Waals surface area contributed by atoms with Crippen LogP contribution in [0.2, 0.25) is 0 Å². The fraction of sp³-hybridized carbons (Fsp3) is 0.412. The summed E-state index contributed by atoms with van der Waals surface area (Å²) in [4.78, 5) is 10.9. The van der Waals surface area contributed by atoms with Gasteiger partial charge >= 0.3 is 0 Å². The molecule has 1 aromatic carbocycles. The molecule has 0 saturated heterocycles. The predicted molar refractivity (Wildman–Crippen MR) is 96.5 cm³/mol. The quantitative estimate of drug-likeness (QED) is 0.684. The van der Waals surface area contributed by atoms with Crippen molar-refractivity contribution < 1.29 is 9.47 Å². The minimum atomic E-state index is 0.499. The van der Waals surface area contributed by atoms with Gasteiger partial charge in [0.15, 0.2) is 0 Å². The highest BCUT2D eigenvalue weighted by molar-refractivity contribution is 5.65. The highest BCUT2D eigenvalue weighted by Crippen LogP contribution is 2.30. The molecule has 2 rings (SSSR count). The van der Waals surface area contributed by atoms with Gasteiger partial charge in [-0.05, 0) is 45.3 Å². The molecule has 0 fully saturated rings. The number of anilines is 3. The second-order valence-electron chi connectivity index (χ2n) is 5.54. The van der Waals surface area contributed by atoms with E-state index in [2.05, 4.69) is 39.6 Å². The number of benzene rings is 1. The van der Waals surface area contributed by atoms with Crippen LogP contribution in [0.25, 0.3) is 0 Å². The zero-order chi connectivity index (χ0) is 17.4. The summed E-state index contributed by atoms with van der Waals surface area (Å²) in [5.74, 6) is 2.72. The van der Waals surface area contributed by atoms with Crippen molar-refractivity contribution in [1.29, 1.82) is 0 Å². The van der Waals surface area contributed by atoms with E-state index in [4.69, 9.17) is 9.47 Å². The first-order chi connectivity index (χ1) is 11.6. The summed E-state index contributed by atoms with van der Waals surface area (Å²) < 4.78 is 10.6. The average Bonchev–Trinajstić information content (AvgIpc) is 2.59. The van der Waals surface area contributed by atoms with Crippen molar-refractivity contribution in [1.82, 2.24) is 14.9 Å². The van der Waals surface area contributed by atoms with Gasteiger partial charge in [0, 0.05) is 18.8 Å². The highest BCUT2D eigenvalue weighted by atomic mass is 16.5. The summed E-state index contributed by atoms with van der Waals surface area (Å²) in [6.07, 6.45) is 2.76. The van der Waals surface area contributed by atoms with Crippen LogP contribution < -0.4 is 20.1 Å². The van der Waals surface area contributed by atoms with Crippen LogP contribution in [0.5, 0.6) is 11.5 Å². The van der Waals surface area contributed by atoms with E-state index < -0.39 is 0 Å². The van der Waals surface area contributed by atoms with Crippen molar-refractivity contribution >= 4 is 17.5 Å². The number of ether oxygens (including phenoxy) is 2. The molecule has 0 unspecified atom stereocenters. The van der Waals surface area contributed by atoms with Gasteiger partial charge in [-0.15, -0.1) is 0 Å². The Balaban J connectivity index is 2.04. The van der Waals surface area contributed by atoms with Gasteiger partial charge in [0.2, 0.25) is 5.95 Å². The first-order valence-electron chi connectivity index (χ1n) is 7.83. The zero-order valence-electron chi connectivity index (χ0n) is 14.7. The van der Waals surface area contributed by atoms with Crippen LogP contribution in [0, 0.1) is 0 Å². The molecule has 1 aromatic heterocycles. The molecule has 2 aromatic rings. The maximum atomic E-state index is 5.36. The van der Waals surface area contributed by atoms with E-state index in [9.17, 15) is 0 Å². The number of nitrogens with zero attached hydrogens (tertiary/aromatic N) is 3. The maximum absolute atomic E-state index is 5.36. The van der Waals surface area contributed by atoms with Gasteiger partial charge in [0.05, 0.1) is 19.9 Å². The molecule has 1 heterocycles. The Morgan fingerprint density at radius 1 is 1.12 bits per heavy atom. The molecule has 0 aliphatic rings. The number of hydrogen-bond acceptors (Lipinski definition) is 7. The van der Waals surface area contributed by atoms with Crippen LogP contribution in [-0.2, 0) is 0 Å². The Labute approximate surface area is 143 Å². The summed E-state index contributed by atoms with van der Waals surface area (Å²) in [5.41, 5.74) is 0.751. The average molecular weight is 331 g/mol. The van der Waals surface area contributed by atoms with Crippen LogP contribution in [0.1, 0.15) is 6.42 Å². The van der Waals surface area contributed by atoms with E-state index in [0.29, 0.717) is 11.7 Å². The van der Waals surface area contributed by atoms with E-state index in [1.54, 1.807) is 20.4 Å². The summed E-state index contributed by atoms with van der Waals surface area (Å²) in [6.45, 7) is 1.89. The van der Waals surface area contributed by atoms with E-state index in [1.165, 1.54) is 0 Å². The first-order valence-corrected chi connectivity index (χ1v) is 7.83. The summed E-state index contributed by atoms with van der Waals surface area (Å²) in [7, 11) is 7.37. The normalized spacial score (nSPS) is 10.5. The van der Waals surface area contributed by atoms with Crippen LogP contribution in [0.3, 0.4) is 0 Å². The fourth-order valence-electron chi connectivity index (χ4n) is 2.16. The van der Waals surface area contributed by atoms with Gasteiger partial charge < -0.3 is 25.0 Å². The molecule has 0 spiro atoms. The number of rotatable bonds is 9. The third kappa shape index (κ3) is 5.27. The molecule has 0 bridgehead atoms. The molecular weight excluding hydrogens is 306 g/mol. The second-order valence-corrected chi connectivity index (χ2v) is 5.54. The molecule has 0 aliphatic carbocycles. The smallest absolute Gasteiger partial charge is 0.229 e. The van der Waals surface area contributed by atoms with Gasteiger partial charge in [-0.3, -0.25) is 0 Å². The number of hydrogen-bond donors (Lipinski definition) is 2. The van der Waals surface area contributed by atoms with Crippen molar-refractivity contribution in [2.24, 2.45) is 0 Å². The van der Waals surface area contributed by atoms with E-state index in [1.807, 2.05) is 24.3 Å². The van der Waals surface area contributed by atoms with Crippen LogP contribution in [0.15, 0.2) is 30.5 Å². The molecule has 0 saturated carbocycles. The molecule has 0 radical (unpaired) electrons. The molecule has 0 atom stereocenters. The summed E-state index contributed by atoms with van der Waals surface area (Å²) in [5, 5.41) is 6.48. The molecule has 7 heteroatoms. The van der Waals surface area contributed by atoms with E-state index >= 15 is 0 Å². The van der Waals surface area contributed by atoms with E-state index in [-0.39, 0.29) is 0 Å². The molecule has 7 nitrogen and oxygen atoms in total. The monoisotopic (exact) mass is 331 g/mol. The first kappa shape index (κ1) is 17.8. The topological polar surface area (TPSA) is 71.5 Å². The van der Waals surface area contributed by atoms with Crippen molar-refractivity contribution in [2.75, 3.05) is 52.0 Å². The minimum Gasteiger partial charge on any atom is -0.497 e. The van der Waals surface area contributed by atoms with Gasteiger partial charge in [-0.2, -0.15) is 4.98 Å². The van der Waals surface area contributed by atoms with Gasteiger partial charge in [-0.1, -0.05) is 0 Å². The summed E-state index contributed by atoms with van der Waals surface area (Å²) in [6, 6.07) is 7.38. The van der Waals surface area contributed by atoms with Crippen LogP contribution in [0.4, 0.5) is 17.5 Å². The Bertz CT molecular complexity index is 649. The Morgan fingerprint density at radius 2 is 1.96 bits per heavy atom. The lowest BCUT2D eigenvalue weighted by atomic mass is 10.2. The van der Waals surface area contributed by atoms with Gasteiger partial charge in [0.1, 0.15) is 17.3 Å². The van der Waals surface area contributed by atoms with Crippen molar-refractivity contribution in [3.05, 3.63) is 30.5 Å². The van der Waals surface area contributed by atoms with Crippen LogP contribution >= 0.6 is 0 Å². The van der Waals surface area contributed by atoms with E-state index in [0.717, 1.165) is 36.8 Å². The number of methoxy groups -OCH3 is 2. The standard InChI is InChI=1S/C17H25N5O2/c1-22(2)11-5-9-18-16-8-10-19-17(21-16)20-14-12-13(23-3)6-7-15(14)24-4/h6-8,10,12H,5,9,11H2,1-4H3,(H2,18,19,20,21). The minimum absolute atomic E-state index is 0.499. The molecule has 0 aliphatic heterocycles. The third-order valence-electron chi connectivity index (χ3n) is 3.40. The fourth-order valence-corrected chi connectivity index (χ4v) is 2.16.